The summed E-state index contributed by atoms with van der Waals surface area (Å²) in [6.45, 7) is 3.80. The van der Waals surface area contributed by atoms with Gasteiger partial charge in [0.15, 0.2) is 11.5 Å². The number of likely N-dealkylation sites (tertiary alicyclic amines) is 1. The van der Waals surface area contributed by atoms with Gasteiger partial charge >= 0.3 is 0 Å². The number of benzene rings is 2. The summed E-state index contributed by atoms with van der Waals surface area (Å²) in [6.07, 6.45) is 7.12. The summed E-state index contributed by atoms with van der Waals surface area (Å²) in [5.41, 5.74) is 3.12. The van der Waals surface area contributed by atoms with E-state index in [2.05, 4.69) is 28.4 Å². The number of rotatable bonds is 9. The molecule has 1 aliphatic rings. The van der Waals surface area contributed by atoms with Crippen molar-refractivity contribution in [3.8, 4) is 17.2 Å². The molecule has 1 saturated heterocycles. The Hall–Kier alpha value is -2.99. The number of piperidine rings is 1. The molecule has 6 nitrogen and oxygen atoms in total. The lowest BCUT2D eigenvalue weighted by Crippen LogP contribution is -2.29. The molecule has 1 fully saturated rings. The highest BCUT2D eigenvalue weighted by Crippen LogP contribution is 2.40. The average molecular weight is 425 g/mol. The molecular formula is C25H32N2O4. The fourth-order valence-electron chi connectivity index (χ4n) is 3.88. The molecule has 1 aliphatic heterocycles. The van der Waals surface area contributed by atoms with Crippen LogP contribution in [-0.4, -0.2) is 45.2 Å². The van der Waals surface area contributed by atoms with Crippen LogP contribution in [0.15, 0.2) is 42.5 Å². The van der Waals surface area contributed by atoms with E-state index in [4.69, 9.17) is 14.2 Å². The fourth-order valence-corrected chi connectivity index (χ4v) is 3.88. The van der Waals surface area contributed by atoms with Gasteiger partial charge in [0, 0.05) is 24.7 Å². The maximum atomic E-state index is 12.4. The molecule has 2 aromatic carbocycles. The normalized spacial score (nSPS) is 14.4. The molecule has 1 N–H and O–H groups in total. The van der Waals surface area contributed by atoms with Crippen molar-refractivity contribution in [3.05, 3.63) is 59.2 Å². The van der Waals surface area contributed by atoms with E-state index in [9.17, 15) is 4.79 Å². The van der Waals surface area contributed by atoms with Gasteiger partial charge in [0.05, 0.1) is 21.3 Å². The van der Waals surface area contributed by atoms with Crippen LogP contribution in [0.2, 0.25) is 0 Å². The predicted octanol–water partition coefficient (Wildman–Crippen LogP) is 4.03. The summed E-state index contributed by atoms with van der Waals surface area (Å²) in [7, 11) is 4.69. The van der Waals surface area contributed by atoms with Gasteiger partial charge in [-0.1, -0.05) is 30.7 Å². The second kappa shape index (κ2) is 11.4. The van der Waals surface area contributed by atoms with Gasteiger partial charge < -0.3 is 19.5 Å². The van der Waals surface area contributed by atoms with Gasteiger partial charge in [-0.05, 0) is 55.3 Å². The summed E-state index contributed by atoms with van der Waals surface area (Å²) >= 11 is 0. The quantitative estimate of drug-likeness (QED) is 0.616. The molecule has 2 aromatic rings. The first-order chi connectivity index (χ1) is 15.1. The van der Waals surface area contributed by atoms with Crippen LogP contribution in [0.25, 0.3) is 6.08 Å². The third-order valence-corrected chi connectivity index (χ3v) is 5.46. The molecule has 0 spiro atoms. The number of carbonyl (C=O) groups excluding carboxylic acids is 1. The van der Waals surface area contributed by atoms with Gasteiger partial charge in [-0.25, -0.2) is 0 Å². The van der Waals surface area contributed by atoms with Gasteiger partial charge in [0.1, 0.15) is 0 Å². The van der Waals surface area contributed by atoms with Gasteiger partial charge in [0.2, 0.25) is 11.7 Å². The molecule has 1 amide bonds. The number of methoxy groups -OCH3 is 3. The molecule has 6 heteroatoms. The Kier molecular flexibility index (Phi) is 8.35. The molecule has 0 aliphatic carbocycles. The Bertz CT molecular complexity index is 904. The number of amides is 1. The minimum absolute atomic E-state index is 0.168. The van der Waals surface area contributed by atoms with Crippen LogP contribution in [-0.2, 0) is 17.9 Å². The first-order valence-corrected chi connectivity index (χ1v) is 10.7. The highest BCUT2D eigenvalue weighted by molar-refractivity contribution is 5.92. The number of hydrogen-bond donors (Lipinski definition) is 1. The fraction of sp³-hybridized carbons (Fsp3) is 0.400. The van der Waals surface area contributed by atoms with Crippen molar-refractivity contribution in [2.75, 3.05) is 34.4 Å². The largest absolute Gasteiger partial charge is 0.493 e. The number of nitrogens with one attached hydrogen (secondary N) is 1. The molecular weight excluding hydrogens is 392 g/mol. The van der Waals surface area contributed by atoms with Crippen molar-refractivity contribution in [2.45, 2.75) is 32.4 Å². The molecule has 0 radical (unpaired) electrons. The van der Waals surface area contributed by atoms with Crippen molar-refractivity contribution in [3.63, 3.8) is 0 Å². The maximum Gasteiger partial charge on any atom is 0.244 e. The zero-order chi connectivity index (χ0) is 22.1. The van der Waals surface area contributed by atoms with Crippen molar-refractivity contribution < 1.29 is 19.0 Å². The monoisotopic (exact) mass is 424 g/mol. The lowest BCUT2D eigenvalue weighted by Gasteiger charge is -2.26. The number of carbonyl (C=O) groups is 1. The second-order valence-electron chi connectivity index (χ2n) is 7.63. The van der Waals surface area contributed by atoms with Gasteiger partial charge in [0.25, 0.3) is 0 Å². The van der Waals surface area contributed by atoms with E-state index in [1.807, 2.05) is 12.1 Å². The summed E-state index contributed by atoms with van der Waals surface area (Å²) in [6, 6.07) is 12.0. The Morgan fingerprint density at radius 2 is 1.71 bits per heavy atom. The number of ether oxygens (including phenoxy) is 3. The van der Waals surface area contributed by atoms with E-state index < -0.39 is 0 Å². The third-order valence-electron chi connectivity index (χ3n) is 5.46. The molecule has 0 unspecified atom stereocenters. The van der Waals surface area contributed by atoms with E-state index >= 15 is 0 Å². The van der Waals surface area contributed by atoms with Crippen molar-refractivity contribution in [1.29, 1.82) is 0 Å². The summed E-state index contributed by atoms with van der Waals surface area (Å²) in [4.78, 5) is 14.9. The van der Waals surface area contributed by atoms with Crippen LogP contribution >= 0.6 is 0 Å². The van der Waals surface area contributed by atoms with E-state index in [0.717, 1.165) is 17.7 Å². The zero-order valence-electron chi connectivity index (χ0n) is 18.6. The van der Waals surface area contributed by atoms with Crippen LogP contribution in [0, 0.1) is 0 Å². The molecule has 1 heterocycles. The summed E-state index contributed by atoms with van der Waals surface area (Å²) in [5, 5.41) is 2.95. The molecule has 166 valence electrons. The third kappa shape index (κ3) is 6.25. The second-order valence-corrected chi connectivity index (χ2v) is 7.63. The Morgan fingerprint density at radius 1 is 0.968 bits per heavy atom. The highest BCUT2D eigenvalue weighted by atomic mass is 16.5. The smallest absolute Gasteiger partial charge is 0.244 e. The van der Waals surface area contributed by atoms with Gasteiger partial charge in [-0.2, -0.15) is 0 Å². The van der Waals surface area contributed by atoms with Crippen molar-refractivity contribution >= 4 is 12.0 Å². The van der Waals surface area contributed by atoms with Crippen LogP contribution in [0.4, 0.5) is 0 Å². The van der Waals surface area contributed by atoms with Gasteiger partial charge in [-0.3, -0.25) is 9.69 Å². The van der Waals surface area contributed by atoms with Crippen LogP contribution in [0.3, 0.4) is 0 Å². The van der Waals surface area contributed by atoms with Crippen molar-refractivity contribution in [2.24, 2.45) is 0 Å². The van der Waals surface area contributed by atoms with E-state index in [1.54, 1.807) is 33.5 Å². The molecule has 0 bridgehead atoms. The molecule has 31 heavy (non-hydrogen) atoms. The number of nitrogens with zero attached hydrogens (tertiary/aromatic N) is 1. The van der Waals surface area contributed by atoms with Crippen LogP contribution in [0.1, 0.15) is 36.0 Å². The summed E-state index contributed by atoms with van der Waals surface area (Å²) in [5.74, 6) is 1.43. The zero-order valence-corrected chi connectivity index (χ0v) is 18.6. The van der Waals surface area contributed by atoms with E-state index in [-0.39, 0.29) is 5.91 Å². The summed E-state index contributed by atoms with van der Waals surface area (Å²) < 4.78 is 16.1. The minimum Gasteiger partial charge on any atom is -0.493 e. The average Bonchev–Trinajstić information content (AvgIpc) is 2.81. The molecule has 0 aromatic heterocycles. The van der Waals surface area contributed by atoms with Gasteiger partial charge in [-0.15, -0.1) is 0 Å². The Balaban J connectivity index is 1.59. The van der Waals surface area contributed by atoms with Crippen LogP contribution in [0.5, 0.6) is 17.2 Å². The molecule has 0 saturated carbocycles. The lowest BCUT2D eigenvalue weighted by atomic mass is 10.1. The minimum atomic E-state index is -0.168. The lowest BCUT2D eigenvalue weighted by molar-refractivity contribution is -0.116. The Labute approximate surface area is 184 Å². The Morgan fingerprint density at radius 3 is 2.42 bits per heavy atom. The first kappa shape index (κ1) is 22.7. The van der Waals surface area contributed by atoms with Crippen LogP contribution < -0.4 is 19.5 Å². The van der Waals surface area contributed by atoms with E-state index in [0.29, 0.717) is 23.8 Å². The maximum absolute atomic E-state index is 12.4. The predicted molar refractivity (Wildman–Crippen MR) is 123 cm³/mol. The molecule has 0 atom stereocenters. The first-order valence-electron chi connectivity index (χ1n) is 10.7. The molecule has 3 rings (SSSR count). The van der Waals surface area contributed by atoms with E-state index in [1.165, 1.54) is 44.0 Å². The standard InChI is InChI=1S/C25H32N2O4/c1-29-22-12-10-21(24(30-2)25(22)31-3)11-13-23(28)26-17-19-8-7-9-20(16-19)18-27-14-5-4-6-15-27/h7-13,16H,4-6,14-15,17-18H2,1-3H3,(H,26,28)/b13-11+. The SMILES string of the molecule is COc1ccc(/C=C/C(=O)NCc2cccc(CN3CCCCC3)c2)c(OC)c1OC. The topological polar surface area (TPSA) is 60.0 Å². The highest BCUT2D eigenvalue weighted by Gasteiger charge is 2.14. The number of hydrogen-bond acceptors (Lipinski definition) is 5. The van der Waals surface area contributed by atoms with Crippen molar-refractivity contribution in [1.82, 2.24) is 10.2 Å².